The monoisotopic (exact) mass is 273 g/mol. The largest absolute Gasteiger partial charge is 0.339 e. The van der Waals surface area contributed by atoms with Gasteiger partial charge in [0.15, 0.2) is 15.7 Å². The van der Waals surface area contributed by atoms with Crippen molar-refractivity contribution in [2.45, 2.75) is 38.1 Å². The number of nitrogens with zero attached hydrogens (tertiary/aromatic N) is 2. The summed E-state index contributed by atoms with van der Waals surface area (Å²) in [5.74, 6) is 1.44. The molecule has 18 heavy (non-hydrogen) atoms. The fourth-order valence-electron chi connectivity index (χ4n) is 2.02. The lowest BCUT2D eigenvalue weighted by Gasteiger charge is -2.06. The van der Waals surface area contributed by atoms with Gasteiger partial charge in [-0.2, -0.15) is 4.98 Å². The Hall–Kier alpha value is -0.950. The van der Waals surface area contributed by atoms with E-state index < -0.39 is 9.84 Å². The summed E-state index contributed by atoms with van der Waals surface area (Å²) in [5, 5.41) is 7.04. The van der Waals surface area contributed by atoms with E-state index in [1.54, 1.807) is 0 Å². The number of sulfone groups is 1. The van der Waals surface area contributed by atoms with Gasteiger partial charge in [-0.15, -0.1) is 0 Å². The SMILES string of the molecule is CNC(C)CCc1nc(C2CCS(=O)(=O)C2)no1. The Labute approximate surface area is 107 Å². The molecule has 1 aliphatic rings. The van der Waals surface area contributed by atoms with E-state index in [2.05, 4.69) is 22.4 Å². The maximum atomic E-state index is 11.4. The molecule has 1 N–H and O–H groups in total. The second-order valence-electron chi connectivity index (χ2n) is 4.87. The van der Waals surface area contributed by atoms with E-state index in [-0.39, 0.29) is 17.4 Å². The van der Waals surface area contributed by atoms with Gasteiger partial charge in [0.2, 0.25) is 5.89 Å². The predicted molar refractivity (Wildman–Crippen MR) is 67.2 cm³/mol. The summed E-state index contributed by atoms with van der Waals surface area (Å²) < 4.78 is 27.9. The second kappa shape index (κ2) is 5.36. The molecule has 1 aromatic rings. The third-order valence-electron chi connectivity index (χ3n) is 3.37. The first-order valence-electron chi connectivity index (χ1n) is 6.20. The molecule has 1 saturated heterocycles. The van der Waals surface area contributed by atoms with Gasteiger partial charge in [0, 0.05) is 18.4 Å². The zero-order valence-electron chi connectivity index (χ0n) is 10.7. The lowest BCUT2D eigenvalue weighted by atomic mass is 10.1. The minimum absolute atomic E-state index is 0.0887. The van der Waals surface area contributed by atoms with Crippen LogP contribution in [0.2, 0.25) is 0 Å². The Bertz CT molecular complexity index is 497. The third-order valence-corrected chi connectivity index (χ3v) is 5.13. The van der Waals surface area contributed by atoms with E-state index in [9.17, 15) is 8.42 Å². The van der Waals surface area contributed by atoms with E-state index in [0.717, 1.165) is 6.42 Å². The van der Waals surface area contributed by atoms with E-state index in [1.807, 2.05) is 7.05 Å². The van der Waals surface area contributed by atoms with Crippen LogP contribution in [-0.2, 0) is 16.3 Å². The molecule has 0 spiro atoms. The van der Waals surface area contributed by atoms with Crippen LogP contribution >= 0.6 is 0 Å². The van der Waals surface area contributed by atoms with Gasteiger partial charge in [0.1, 0.15) is 0 Å². The minimum Gasteiger partial charge on any atom is -0.339 e. The van der Waals surface area contributed by atoms with Crippen molar-refractivity contribution in [3.8, 4) is 0 Å². The van der Waals surface area contributed by atoms with Crippen LogP contribution in [0.15, 0.2) is 4.52 Å². The molecule has 0 saturated carbocycles. The van der Waals surface area contributed by atoms with E-state index >= 15 is 0 Å². The highest BCUT2D eigenvalue weighted by atomic mass is 32.2. The van der Waals surface area contributed by atoms with Crippen LogP contribution in [0.4, 0.5) is 0 Å². The topological polar surface area (TPSA) is 85.1 Å². The summed E-state index contributed by atoms with van der Waals surface area (Å²) in [6, 6.07) is 0.396. The van der Waals surface area contributed by atoms with Crippen molar-refractivity contribution in [2.75, 3.05) is 18.6 Å². The first-order valence-corrected chi connectivity index (χ1v) is 8.02. The molecule has 2 heterocycles. The Morgan fingerprint density at radius 2 is 2.33 bits per heavy atom. The highest BCUT2D eigenvalue weighted by molar-refractivity contribution is 7.91. The molecular formula is C11H19N3O3S. The lowest BCUT2D eigenvalue weighted by Crippen LogP contribution is -2.21. The normalized spacial score (nSPS) is 24.2. The molecule has 2 rings (SSSR count). The lowest BCUT2D eigenvalue weighted by molar-refractivity contribution is 0.362. The highest BCUT2D eigenvalue weighted by Gasteiger charge is 2.32. The Balaban J connectivity index is 1.94. The molecule has 1 aliphatic heterocycles. The molecule has 1 fully saturated rings. The van der Waals surface area contributed by atoms with Gasteiger partial charge < -0.3 is 9.84 Å². The number of hydrogen-bond acceptors (Lipinski definition) is 6. The van der Waals surface area contributed by atoms with Crippen LogP contribution in [-0.4, -0.2) is 43.2 Å². The molecular weight excluding hydrogens is 254 g/mol. The summed E-state index contributed by atoms with van der Waals surface area (Å²) in [5.41, 5.74) is 0. The molecule has 1 aromatic heterocycles. The molecule has 0 aromatic carbocycles. The first kappa shape index (κ1) is 13.5. The van der Waals surface area contributed by atoms with Crippen LogP contribution in [0, 0.1) is 0 Å². The van der Waals surface area contributed by atoms with Crippen molar-refractivity contribution in [2.24, 2.45) is 0 Å². The number of aromatic nitrogens is 2. The zero-order chi connectivity index (χ0) is 13.2. The predicted octanol–water partition coefficient (Wildman–Crippen LogP) is 0.512. The van der Waals surface area contributed by atoms with Gasteiger partial charge in [0.25, 0.3) is 0 Å². The molecule has 0 bridgehead atoms. The Kier molecular flexibility index (Phi) is 4.01. The fraction of sp³-hybridized carbons (Fsp3) is 0.818. The molecule has 2 atom stereocenters. The molecule has 0 amide bonds. The van der Waals surface area contributed by atoms with Crippen LogP contribution in [0.25, 0.3) is 0 Å². The van der Waals surface area contributed by atoms with Crippen LogP contribution in [0.1, 0.15) is 37.4 Å². The average molecular weight is 273 g/mol. The smallest absolute Gasteiger partial charge is 0.226 e. The van der Waals surface area contributed by atoms with Crippen LogP contribution < -0.4 is 5.32 Å². The van der Waals surface area contributed by atoms with Gasteiger partial charge in [-0.1, -0.05) is 5.16 Å². The molecule has 102 valence electrons. The van der Waals surface area contributed by atoms with Crippen molar-refractivity contribution in [3.63, 3.8) is 0 Å². The maximum absolute atomic E-state index is 11.4. The van der Waals surface area contributed by atoms with Gasteiger partial charge in [0.05, 0.1) is 11.5 Å². The van der Waals surface area contributed by atoms with Gasteiger partial charge in [-0.25, -0.2) is 8.42 Å². The van der Waals surface area contributed by atoms with Gasteiger partial charge >= 0.3 is 0 Å². The zero-order valence-corrected chi connectivity index (χ0v) is 11.5. The maximum Gasteiger partial charge on any atom is 0.226 e. The van der Waals surface area contributed by atoms with Gasteiger partial charge in [-0.3, -0.25) is 0 Å². The van der Waals surface area contributed by atoms with E-state index in [4.69, 9.17) is 4.52 Å². The summed E-state index contributed by atoms with van der Waals surface area (Å²) in [4.78, 5) is 4.29. The van der Waals surface area contributed by atoms with Crippen molar-refractivity contribution in [3.05, 3.63) is 11.7 Å². The molecule has 0 aliphatic carbocycles. The Morgan fingerprint density at radius 1 is 1.56 bits per heavy atom. The summed E-state index contributed by atoms with van der Waals surface area (Å²) in [6.07, 6.45) is 2.24. The summed E-state index contributed by atoms with van der Waals surface area (Å²) >= 11 is 0. The summed E-state index contributed by atoms with van der Waals surface area (Å²) in [7, 11) is -0.986. The average Bonchev–Trinajstić information content (AvgIpc) is 2.92. The fourth-order valence-corrected chi connectivity index (χ4v) is 3.76. The van der Waals surface area contributed by atoms with Gasteiger partial charge in [-0.05, 0) is 26.8 Å². The standard InChI is InChI=1S/C11H19N3O3S/c1-8(12-2)3-4-10-13-11(14-17-10)9-5-6-18(15,16)7-9/h8-9,12H,3-7H2,1-2H3. The highest BCUT2D eigenvalue weighted by Crippen LogP contribution is 2.26. The quantitative estimate of drug-likeness (QED) is 0.841. The Morgan fingerprint density at radius 3 is 2.94 bits per heavy atom. The number of hydrogen-bond donors (Lipinski definition) is 1. The number of aryl methyl sites for hydroxylation is 1. The van der Waals surface area contributed by atoms with E-state index in [0.29, 0.717) is 30.6 Å². The van der Waals surface area contributed by atoms with Crippen LogP contribution in [0.3, 0.4) is 0 Å². The molecule has 0 radical (unpaired) electrons. The minimum atomic E-state index is -2.90. The van der Waals surface area contributed by atoms with Crippen molar-refractivity contribution >= 4 is 9.84 Å². The number of nitrogens with one attached hydrogen (secondary N) is 1. The molecule has 6 nitrogen and oxygen atoms in total. The van der Waals surface area contributed by atoms with E-state index in [1.165, 1.54) is 0 Å². The van der Waals surface area contributed by atoms with Crippen LogP contribution in [0.5, 0.6) is 0 Å². The molecule has 7 heteroatoms. The number of rotatable bonds is 5. The van der Waals surface area contributed by atoms with Crippen molar-refractivity contribution in [1.82, 2.24) is 15.5 Å². The van der Waals surface area contributed by atoms with Crippen molar-refractivity contribution in [1.29, 1.82) is 0 Å². The molecule has 2 unspecified atom stereocenters. The second-order valence-corrected chi connectivity index (χ2v) is 7.10. The first-order chi connectivity index (χ1) is 8.50. The summed E-state index contributed by atoms with van der Waals surface area (Å²) in [6.45, 7) is 2.08. The van der Waals surface area contributed by atoms with Crippen molar-refractivity contribution < 1.29 is 12.9 Å². The third kappa shape index (κ3) is 3.29.